The second-order valence-corrected chi connectivity index (χ2v) is 5.66. The third-order valence-electron chi connectivity index (χ3n) is 3.88. The maximum Gasteiger partial charge on any atom is 0.121 e. The van der Waals surface area contributed by atoms with Crippen LogP contribution in [0.2, 0.25) is 0 Å². The molecule has 2 unspecified atom stereocenters. The van der Waals surface area contributed by atoms with Crippen molar-refractivity contribution in [2.45, 2.75) is 65.9 Å². The van der Waals surface area contributed by atoms with Crippen LogP contribution < -0.4 is 10.1 Å². The maximum absolute atomic E-state index is 5.86. The molecular formula is C18H31NO. The van der Waals surface area contributed by atoms with Gasteiger partial charge in [0.1, 0.15) is 5.75 Å². The zero-order valence-electron chi connectivity index (χ0n) is 13.6. The van der Waals surface area contributed by atoms with Crippen molar-refractivity contribution in [3.05, 3.63) is 24.3 Å². The van der Waals surface area contributed by atoms with Gasteiger partial charge >= 0.3 is 0 Å². The van der Waals surface area contributed by atoms with Gasteiger partial charge < -0.3 is 10.1 Å². The van der Waals surface area contributed by atoms with Gasteiger partial charge in [-0.2, -0.15) is 0 Å². The Kier molecular flexibility index (Phi) is 8.17. The van der Waals surface area contributed by atoms with Crippen molar-refractivity contribution >= 4 is 5.69 Å². The van der Waals surface area contributed by atoms with Crippen LogP contribution >= 0.6 is 0 Å². The van der Waals surface area contributed by atoms with Crippen molar-refractivity contribution in [3.8, 4) is 5.75 Å². The third kappa shape index (κ3) is 6.31. The fraction of sp³-hybridized carbons (Fsp3) is 0.667. The molecule has 114 valence electrons. The van der Waals surface area contributed by atoms with E-state index in [1.54, 1.807) is 0 Å². The summed E-state index contributed by atoms with van der Waals surface area (Å²) in [6.45, 7) is 9.86. The predicted molar refractivity (Wildman–Crippen MR) is 88.6 cm³/mol. The van der Waals surface area contributed by atoms with Crippen LogP contribution in [0.3, 0.4) is 0 Å². The number of hydrogen-bond acceptors (Lipinski definition) is 2. The summed E-state index contributed by atoms with van der Waals surface area (Å²) in [6, 6.07) is 8.33. The van der Waals surface area contributed by atoms with Gasteiger partial charge in [0.15, 0.2) is 0 Å². The van der Waals surface area contributed by atoms with Crippen molar-refractivity contribution in [2.24, 2.45) is 5.92 Å². The van der Waals surface area contributed by atoms with Crippen LogP contribution in [-0.2, 0) is 0 Å². The van der Waals surface area contributed by atoms with Gasteiger partial charge in [-0.25, -0.2) is 0 Å². The summed E-state index contributed by atoms with van der Waals surface area (Å²) in [5.74, 6) is 1.74. The van der Waals surface area contributed by atoms with Crippen LogP contribution in [0, 0.1) is 5.92 Å². The van der Waals surface area contributed by atoms with Gasteiger partial charge in [-0.3, -0.25) is 0 Å². The van der Waals surface area contributed by atoms with Gasteiger partial charge in [0.05, 0.1) is 6.10 Å². The molecule has 1 aromatic rings. The monoisotopic (exact) mass is 277 g/mol. The molecule has 0 saturated carbocycles. The summed E-state index contributed by atoms with van der Waals surface area (Å²) in [5, 5.41) is 3.56. The molecule has 2 heteroatoms. The summed E-state index contributed by atoms with van der Waals surface area (Å²) in [7, 11) is 0. The lowest BCUT2D eigenvalue weighted by Crippen LogP contribution is -2.14. The van der Waals surface area contributed by atoms with E-state index in [0.717, 1.165) is 24.6 Å². The summed E-state index contributed by atoms with van der Waals surface area (Å²) < 4.78 is 5.86. The van der Waals surface area contributed by atoms with Crippen molar-refractivity contribution in [1.29, 1.82) is 0 Å². The second kappa shape index (κ2) is 9.68. The molecule has 0 fully saturated rings. The largest absolute Gasteiger partial charge is 0.491 e. The molecule has 0 saturated heterocycles. The van der Waals surface area contributed by atoms with Crippen LogP contribution in [0.5, 0.6) is 5.75 Å². The van der Waals surface area contributed by atoms with Crippen molar-refractivity contribution in [1.82, 2.24) is 0 Å². The van der Waals surface area contributed by atoms with Crippen LogP contribution in [0.15, 0.2) is 24.3 Å². The lowest BCUT2D eigenvalue weighted by atomic mass is 9.99. The number of rotatable bonds is 10. The Morgan fingerprint density at radius 3 is 2.60 bits per heavy atom. The van der Waals surface area contributed by atoms with E-state index < -0.39 is 0 Å². The molecule has 1 N–H and O–H groups in total. The van der Waals surface area contributed by atoms with Gasteiger partial charge in [-0.15, -0.1) is 0 Å². The zero-order valence-corrected chi connectivity index (χ0v) is 13.6. The van der Waals surface area contributed by atoms with Crippen LogP contribution in [0.4, 0.5) is 5.69 Å². The predicted octanol–water partition coefficient (Wildman–Crippen LogP) is 5.49. The highest BCUT2D eigenvalue weighted by molar-refractivity contribution is 5.48. The van der Waals surface area contributed by atoms with E-state index in [0.29, 0.717) is 0 Å². The molecule has 0 heterocycles. The highest BCUT2D eigenvalue weighted by Crippen LogP contribution is 2.20. The van der Waals surface area contributed by atoms with Crippen molar-refractivity contribution in [2.75, 3.05) is 11.9 Å². The third-order valence-corrected chi connectivity index (χ3v) is 3.88. The number of anilines is 1. The van der Waals surface area contributed by atoms with Crippen molar-refractivity contribution in [3.63, 3.8) is 0 Å². The fourth-order valence-electron chi connectivity index (χ4n) is 2.20. The summed E-state index contributed by atoms with van der Waals surface area (Å²) in [4.78, 5) is 0. The first-order valence-corrected chi connectivity index (χ1v) is 8.20. The van der Waals surface area contributed by atoms with E-state index in [2.05, 4.69) is 51.2 Å². The first-order valence-electron chi connectivity index (χ1n) is 8.20. The number of unbranched alkanes of at least 4 members (excludes halogenated alkanes) is 1. The van der Waals surface area contributed by atoms with E-state index in [1.807, 2.05) is 6.07 Å². The first-order chi connectivity index (χ1) is 9.69. The van der Waals surface area contributed by atoms with E-state index in [-0.39, 0.29) is 6.10 Å². The summed E-state index contributed by atoms with van der Waals surface area (Å²) in [5.41, 5.74) is 1.17. The van der Waals surface area contributed by atoms with Gasteiger partial charge in [0.2, 0.25) is 0 Å². The van der Waals surface area contributed by atoms with Gasteiger partial charge in [0, 0.05) is 18.3 Å². The lowest BCUT2D eigenvalue weighted by molar-refractivity contribution is 0.217. The Bertz CT molecular complexity index is 364. The molecule has 1 aromatic carbocycles. The Labute approximate surface area is 124 Å². The standard InChI is InChI=1S/C18H31NO/c1-5-8-10-16(7-3)14-19-17-11-9-12-18(13-17)20-15(4)6-2/h9,11-13,15-16,19H,5-8,10,14H2,1-4H3. The average Bonchev–Trinajstić information content (AvgIpc) is 2.47. The van der Waals surface area contributed by atoms with Crippen LogP contribution in [-0.4, -0.2) is 12.6 Å². The molecular weight excluding hydrogens is 246 g/mol. The van der Waals surface area contributed by atoms with E-state index in [4.69, 9.17) is 4.74 Å². The normalized spacial score (nSPS) is 13.8. The molecule has 2 atom stereocenters. The molecule has 0 aliphatic carbocycles. The molecule has 0 aliphatic heterocycles. The molecule has 0 aromatic heterocycles. The molecule has 0 bridgehead atoms. The molecule has 0 amide bonds. The smallest absolute Gasteiger partial charge is 0.121 e. The molecule has 20 heavy (non-hydrogen) atoms. The second-order valence-electron chi connectivity index (χ2n) is 5.66. The highest BCUT2D eigenvalue weighted by atomic mass is 16.5. The van der Waals surface area contributed by atoms with E-state index in [1.165, 1.54) is 31.4 Å². The lowest BCUT2D eigenvalue weighted by Gasteiger charge is -2.17. The number of benzene rings is 1. The van der Waals surface area contributed by atoms with Gasteiger partial charge in [-0.05, 0) is 37.8 Å². The topological polar surface area (TPSA) is 21.3 Å². The first kappa shape index (κ1) is 16.9. The highest BCUT2D eigenvalue weighted by Gasteiger charge is 2.06. The summed E-state index contributed by atoms with van der Waals surface area (Å²) in [6.07, 6.45) is 6.50. The minimum atomic E-state index is 0.276. The SMILES string of the molecule is CCCCC(CC)CNc1cccc(OC(C)CC)c1. The zero-order chi connectivity index (χ0) is 14.8. The van der Waals surface area contributed by atoms with Crippen LogP contribution in [0.1, 0.15) is 59.8 Å². The molecule has 1 rings (SSSR count). The van der Waals surface area contributed by atoms with Gasteiger partial charge in [-0.1, -0.05) is 46.1 Å². The van der Waals surface area contributed by atoms with E-state index in [9.17, 15) is 0 Å². The molecule has 0 radical (unpaired) electrons. The van der Waals surface area contributed by atoms with Crippen molar-refractivity contribution < 1.29 is 4.74 Å². The average molecular weight is 277 g/mol. The molecule has 0 aliphatic rings. The Morgan fingerprint density at radius 1 is 1.15 bits per heavy atom. The fourth-order valence-corrected chi connectivity index (χ4v) is 2.20. The number of hydrogen-bond donors (Lipinski definition) is 1. The Balaban J connectivity index is 2.48. The van der Waals surface area contributed by atoms with Gasteiger partial charge in [0.25, 0.3) is 0 Å². The Morgan fingerprint density at radius 2 is 1.95 bits per heavy atom. The Hall–Kier alpha value is -1.18. The maximum atomic E-state index is 5.86. The number of nitrogens with one attached hydrogen (secondary N) is 1. The van der Waals surface area contributed by atoms with Crippen LogP contribution in [0.25, 0.3) is 0 Å². The van der Waals surface area contributed by atoms with E-state index >= 15 is 0 Å². The minimum Gasteiger partial charge on any atom is -0.491 e. The summed E-state index contributed by atoms with van der Waals surface area (Å²) >= 11 is 0. The molecule has 0 spiro atoms. The molecule has 2 nitrogen and oxygen atoms in total. The minimum absolute atomic E-state index is 0.276. The quantitative estimate of drug-likeness (QED) is 0.610. The number of ether oxygens (including phenoxy) is 1.